The second-order valence-electron chi connectivity index (χ2n) is 2.74. The van der Waals surface area contributed by atoms with E-state index in [-0.39, 0.29) is 13.0 Å². The van der Waals surface area contributed by atoms with E-state index in [9.17, 15) is 13.6 Å². The van der Waals surface area contributed by atoms with Gasteiger partial charge in [0.2, 0.25) is 0 Å². The summed E-state index contributed by atoms with van der Waals surface area (Å²) in [5.41, 5.74) is 1.69. The van der Waals surface area contributed by atoms with E-state index in [4.69, 9.17) is 10.6 Å². The Bertz CT molecular complexity index is 354. The van der Waals surface area contributed by atoms with Gasteiger partial charge in [0.1, 0.15) is 0 Å². The maximum atomic E-state index is 13.0. The number of para-hydroxylation sites is 1. The summed E-state index contributed by atoms with van der Waals surface area (Å²) in [6.45, 7) is -0.210. The molecular formula is C9H10F2N2O3. The summed E-state index contributed by atoms with van der Waals surface area (Å²) in [4.78, 5) is 14.9. The molecule has 0 heterocycles. The van der Waals surface area contributed by atoms with Gasteiger partial charge in [0.25, 0.3) is 0 Å². The van der Waals surface area contributed by atoms with Gasteiger partial charge < -0.3 is 9.57 Å². The SMILES string of the molecule is NNOC(=O)CCOc1c(F)cccc1F. The van der Waals surface area contributed by atoms with E-state index in [2.05, 4.69) is 4.84 Å². The van der Waals surface area contributed by atoms with Crippen molar-refractivity contribution in [3.8, 4) is 5.75 Å². The number of halogens is 2. The van der Waals surface area contributed by atoms with Crippen LogP contribution >= 0.6 is 0 Å². The van der Waals surface area contributed by atoms with Crippen LogP contribution in [-0.4, -0.2) is 12.6 Å². The summed E-state index contributed by atoms with van der Waals surface area (Å²) in [5.74, 6) is 1.84. The third-order valence-corrected chi connectivity index (χ3v) is 1.64. The van der Waals surface area contributed by atoms with Crippen LogP contribution < -0.4 is 16.2 Å². The van der Waals surface area contributed by atoms with Crippen molar-refractivity contribution in [2.45, 2.75) is 6.42 Å². The van der Waals surface area contributed by atoms with Crippen molar-refractivity contribution in [1.29, 1.82) is 0 Å². The van der Waals surface area contributed by atoms with Gasteiger partial charge in [-0.15, -0.1) is 0 Å². The van der Waals surface area contributed by atoms with Crippen LogP contribution in [0.25, 0.3) is 0 Å². The molecule has 0 amide bonds. The van der Waals surface area contributed by atoms with Crippen LogP contribution in [0, 0.1) is 11.6 Å². The Balaban J connectivity index is 2.46. The normalized spacial score (nSPS) is 9.94. The Kier molecular flexibility index (Phi) is 4.62. The van der Waals surface area contributed by atoms with E-state index in [0.29, 0.717) is 0 Å². The molecule has 0 unspecified atom stereocenters. The maximum Gasteiger partial charge on any atom is 0.329 e. The van der Waals surface area contributed by atoms with Gasteiger partial charge in [-0.05, 0) is 12.1 Å². The average Bonchev–Trinajstić information content (AvgIpc) is 2.23. The first-order valence-corrected chi connectivity index (χ1v) is 4.37. The van der Waals surface area contributed by atoms with Crippen molar-refractivity contribution in [3.63, 3.8) is 0 Å². The van der Waals surface area contributed by atoms with E-state index in [1.807, 2.05) is 0 Å². The first kappa shape index (κ1) is 12.3. The topological polar surface area (TPSA) is 73.6 Å². The predicted molar refractivity (Wildman–Crippen MR) is 49.9 cm³/mol. The molecule has 1 aromatic carbocycles. The van der Waals surface area contributed by atoms with Crippen LogP contribution in [0.4, 0.5) is 8.78 Å². The first-order chi connectivity index (χ1) is 7.65. The zero-order chi connectivity index (χ0) is 12.0. The summed E-state index contributed by atoms with van der Waals surface area (Å²) in [6.07, 6.45) is -0.183. The van der Waals surface area contributed by atoms with Crippen LogP contribution in [0.3, 0.4) is 0 Å². The number of ether oxygens (including phenoxy) is 1. The molecule has 0 fully saturated rings. The van der Waals surface area contributed by atoms with Crippen molar-refractivity contribution < 1.29 is 23.1 Å². The molecule has 7 heteroatoms. The fraction of sp³-hybridized carbons (Fsp3) is 0.222. The molecular weight excluding hydrogens is 222 g/mol. The fourth-order valence-electron chi connectivity index (χ4n) is 0.974. The molecule has 0 saturated carbocycles. The van der Waals surface area contributed by atoms with E-state index >= 15 is 0 Å². The lowest BCUT2D eigenvalue weighted by molar-refractivity contribution is -0.151. The molecule has 0 aromatic heterocycles. The number of benzene rings is 1. The van der Waals surface area contributed by atoms with Crippen molar-refractivity contribution in [1.82, 2.24) is 5.59 Å². The summed E-state index contributed by atoms with van der Waals surface area (Å²) in [6, 6.07) is 3.32. The molecule has 0 radical (unpaired) electrons. The van der Waals surface area contributed by atoms with Crippen LogP contribution in [0.1, 0.15) is 6.42 Å². The molecule has 88 valence electrons. The molecule has 1 aromatic rings. The van der Waals surface area contributed by atoms with Crippen LogP contribution in [0.2, 0.25) is 0 Å². The maximum absolute atomic E-state index is 13.0. The van der Waals surface area contributed by atoms with Crippen molar-refractivity contribution >= 4 is 5.97 Å². The molecule has 0 atom stereocenters. The van der Waals surface area contributed by atoms with E-state index in [1.165, 1.54) is 6.07 Å². The number of hydrogen-bond acceptors (Lipinski definition) is 5. The highest BCUT2D eigenvalue weighted by molar-refractivity contribution is 5.69. The third-order valence-electron chi connectivity index (χ3n) is 1.64. The Labute approximate surface area is 90.1 Å². The molecule has 1 rings (SSSR count). The summed E-state index contributed by atoms with van der Waals surface area (Å²) in [5, 5.41) is 0. The van der Waals surface area contributed by atoms with Crippen LogP contribution in [0.15, 0.2) is 18.2 Å². The first-order valence-electron chi connectivity index (χ1n) is 4.37. The average molecular weight is 232 g/mol. The van der Waals surface area contributed by atoms with E-state index < -0.39 is 23.4 Å². The number of rotatable bonds is 5. The predicted octanol–water partition coefficient (Wildman–Crippen LogP) is 0.655. The van der Waals surface area contributed by atoms with Crippen molar-refractivity contribution in [2.24, 2.45) is 5.84 Å². The minimum atomic E-state index is -0.828. The van der Waals surface area contributed by atoms with Crippen molar-refractivity contribution in [2.75, 3.05) is 6.61 Å². The highest BCUT2D eigenvalue weighted by atomic mass is 19.1. The molecule has 0 aliphatic rings. The molecule has 0 saturated heterocycles. The molecule has 0 aliphatic heterocycles. The second kappa shape index (κ2) is 5.99. The Morgan fingerprint density at radius 2 is 2.00 bits per heavy atom. The molecule has 16 heavy (non-hydrogen) atoms. The molecule has 0 aliphatic carbocycles. The van der Waals surface area contributed by atoms with Gasteiger partial charge in [0.15, 0.2) is 17.4 Å². The van der Waals surface area contributed by atoms with Crippen LogP contribution in [-0.2, 0) is 9.63 Å². The largest absolute Gasteiger partial charge is 0.487 e. The highest BCUT2D eigenvalue weighted by Crippen LogP contribution is 2.20. The summed E-state index contributed by atoms with van der Waals surface area (Å²) >= 11 is 0. The van der Waals surface area contributed by atoms with Gasteiger partial charge >= 0.3 is 5.97 Å². The van der Waals surface area contributed by atoms with Gasteiger partial charge in [0.05, 0.1) is 13.0 Å². The number of nitrogens with one attached hydrogen (secondary N) is 1. The fourth-order valence-corrected chi connectivity index (χ4v) is 0.974. The Morgan fingerprint density at radius 1 is 1.38 bits per heavy atom. The number of carbonyl (C=O) groups excluding carboxylic acids is 1. The smallest absolute Gasteiger partial charge is 0.329 e. The van der Waals surface area contributed by atoms with Gasteiger partial charge in [-0.1, -0.05) is 11.7 Å². The van der Waals surface area contributed by atoms with Gasteiger partial charge in [-0.2, -0.15) is 0 Å². The lowest BCUT2D eigenvalue weighted by Crippen LogP contribution is -2.27. The van der Waals surface area contributed by atoms with E-state index in [1.54, 1.807) is 5.59 Å². The number of carbonyl (C=O) groups is 1. The van der Waals surface area contributed by atoms with Crippen LogP contribution in [0.5, 0.6) is 5.75 Å². The summed E-state index contributed by atoms with van der Waals surface area (Å²) < 4.78 is 30.8. The van der Waals surface area contributed by atoms with Crippen molar-refractivity contribution in [3.05, 3.63) is 29.8 Å². The van der Waals surface area contributed by atoms with Gasteiger partial charge in [0, 0.05) is 0 Å². The van der Waals surface area contributed by atoms with Gasteiger partial charge in [-0.25, -0.2) is 14.6 Å². The zero-order valence-electron chi connectivity index (χ0n) is 8.20. The summed E-state index contributed by atoms with van der Waals surface area (Å²) in [7, 11) is 0. The minimum absolute atomic E-state index is 0.183. The molecule has 0 spiro atoms. The Morgan fingerprint density at radius 3 is 2.56 bits per heavy atom. The number of nitrogens with two attached hydrogens (primary N) is 1. The van der Waals surface area contributed by atoms with E-state index in [0.717, 1.165) is 12.1 Å². The highest BCUT2D eigenvalue weighted by Gasteiger charge is 2.10. The Hall–Kier alpha value is -1.73. The third kappa shape index (κ3) is 3.44. The number of hydrazine groups is 1. The standard InChI is InChI=1S/C9H10F2N2O3/c10-6-2-1-3-7(11)9(6)15-5-4-8(14)16-13-12/h1-3,13H,4-5,12H2. The number of hydrogen-bond donors (Lipinski definition) is 2. The lowest BCUT2D eigenvalue weighted by Gasteiger charge is -2.07. The monoisotopic (exact) mass is 232 g/mol. The molecule has 5 nitrogen and oxygen atoms in total. The molecule has 0 bridgehead atoms. The minimum Gasteiger partial charge on any atom is -0.487 e. The second-order valence-corrected chi connectivity index (χ2v) is 2.74. The zero-order valence-corrected chi connectivity index (χ0v) is 8.20. The van der Waals surface area contributed by atoms with Gasteiger partial charge in [-0.3, -0.25) is 4.79 Å². The lowest BCUT2D eigenvalue weighted by atomic mass is 10.3. The quantitative estimate of drug-likeness (QED) is 0.576. The molecule has 3 N–H and O–H groups in total.